The Balaban J connectivity index is 1.62. The maximum absolute atomic E-state index is 7.22. The predicted octanol–water partition coefficient (Wildman–Crippen LogP) is 3.17. The van der Waals surface area contributed by atoms with Gasteiger partial charge in [-0.1, -0.05) is 18.2 Å². The molecule has 1 atom stereocenters. The van der Waals surface area contributed by atoms with Crippen LogP contribution in [0.4, 0.5) is 5.69 Å². The fourth-order valence-corrected chi connectivity index (χ4v) is 3.61. The zero-order valence-electron chi connectivity index (χ0n) is 14.0. The number of fused-ring (bicyclic) bond motifs is 1. The average Bonchev–Trinajstić information content (AvgIpc) is 3.12. The Morgan fingerprint density at radius 3 is 3.04 bits per heavy atom. The van der Waals surface area contributed by atoms with E-state index in [0.29, 0.717) is 6.04 Å². The summed E-state index contributed by atoms with van der Waals surface area (Å²) >= 11 is 0. The smallest absolute Gasteiger partial charge is 0.173 e. The number of hydrogen-bond donors (Lipinski definition) is 3. The van der Waals surface area contributed by atoms with Crippen LogP contribution in [0.1, 0.15) is 5.56 Å². The lowest BCUT2D eigenvalue weighted by Gasteiger charge is -2.38. The number of anilines is 1. The Hall–Kier alpha value is -2.79. The normalized spacial score (nSPS) is 17.6. The molecule has 1 aliphatic heterocycles. The van der Waals surface area contributed by atoms with Crippen LogP contribution in [0.15, 0.2) is 54.7 Å². The lowest BCUT2D eigenvalue weighted by molar-refractivity contribution is 0.467. The number of nitrogens with zero attached hydrogens (tertiary/aromatic N) is 1. The van der Waals surface area contributed by atoms with Crippen LogP contribution in [0.5, 0.6) is 5.75 Å². The summed E-state index contributed by atoms with van der Waals surface area (Å²) in [6.45, 7) is 2.90. The molecule has 0 aliphatic carbocycles. The van der Waals surface area contributed by atoms with E-state index < -0.39 is 0 Å². The summed E-state index contributed by atoms with van der Waals surface area (Å²) in [5, 5.41) is 12.0. The van der Waals surface area contributed by atoms with Gasteiger partial charge in [0.2, 0.25) is 0 Å². The van der Waals surface area contributed by atoms with Crippen molar-refractivity contribution in [2.75, 3.05) is 24.5 Å². The van der Waals surface area contributed by atoms with Gasteiger partial charge in [0.05, 0.1) is 0 Å². The van der Waals surface area contributed by atoms with Crippen LogP contribution >= 0.6 is 0 Å². The molecule has 0 bridgehead atoms. The molecule has 5 nitrogen and oxygen atoms in total. The summed E-state index contributed by atoms with van der Waals surface area (Å²) < 4.78 is 5.37. The first kappa shape index (κ1) is 15.7. The Morgan fingerprint density at radius 1 is 1.20 bits per heavy atom. The Morgan fingerprint density at radius 2 is 2.12 bits per heavy atom. The van der Waals surface area contributed by atoms with Gasteiger partial charge in [0.1, 0.15) is 5.75 Å². The summed E-state index contributed by atoms with van der Waals surface area (Å²) in [5.74, 6) is 0.768. The molecule has 1 unspecified atom stereocenters. The van der Waals surface area contributed by atoms with E-state index in [4.69, 9.17) is 10.1 Å². The number of H-pyrrole nitrogens is 1. The first-order chi connectivity index (χ1) is 12.3. The van der Waals surface area contributed by atoms with Crippen molar-refractivity contribution in [3.63, 3.8) is 0 Å². The topological polar surface area (TPSA) is 64.1 Å². The van der Waals surface area contributed by atoms with Crippen LogP contribution in [0.25, 0.3) is 10.9 Å². The zero-order chi connectivity index (χ0) is 17.1. The molecule has 3 aromatic rings. The molecule has 1 saturated heterocycles. The second kappa shape index (κ2) is 6.99. The molecule has 0 amide bonds. The summed E-state index contributed by atoms with van der Waals surface area (Å²) in [6, 6.07) is 17.0. The number of rotatable bonds is 5. The summed E-state index contributed by atoms with van der Waals surface area (Å²) in [5.41, 5.74) is 3.55. The number of aromatic amines is 1. The van der Waals surface area contributed by atoms with E-state index in [1.165, 1.54) is 16.6 Å². The minimum absolute atomic E-state index is 0.348. The van der Waals surface area contributed by atoms with Gasteiger partial charge in [0.15, 0.2) is 6.40 Å². The molecule has 1 aliphatic rings. The summed E-state index contributed by atoms with van der Waals surface area (Å²) in [6.07, 6.45) is 3.85. The SMILES string of the molecule is N=COc1ccccc1CC1CNCCN1c1ccc2[nH]ccc2c1. The van der Waals surface area contributed by atoms with E-state index >= 15 is 0 Å². The van der Waals surface area contributed by atoms with Gasteiger partial charge in [-0.15, -0.1) is 0 Å². The third-order valence-electron chi connectivity index (χ3n) is 4.83. The van der Waals surface area contributed by atoms with Gasteiger partial charge in [-0.05, 0) is 42.3 Å². The van der Waals surface area contributed by atoms with Gasteiger partial charge in [0.25, 0.3) is 0 Å². The highest BCUT2D eigenvalue weighted by molar-refractivity contribution is 5.83. The summed E-state index contributed by atoms with van der Waals surface area (Å²) in [4.78, 5) is 5.73. The first-order valence-electron chi connectivity index (χ1n) is 8.63. The number of benzene rings is 2. The summed E-state index contributed by atoms with van der Waals surface area (Å²) in [7, 11) is 0. The molecular weight excluding hydrogens is 312 g/mol. The number of hydrogen-bond acceptors (Lipinski definition) is 4. The Bertz CT molecular complexity index is 873. The number of aromatic nitrogens is 1. The molecule has 5 heteroatoms. The van der Waals surface area contributed by atoms with Crippen molar-refractivity contribution >= 4 is 23.0 Å². The van der Waals surface area contributed by atoms with E-state index in [0.717, 1.165) is 43.8 Å². The van der Waals surface area contributed by atoms with Gasteiger partial charge in [-0.25, -0.2) is 0 Å². The van der Waals surface area contributed by atoms with Gasteiger partial charge in [-0.2, -0.15) is 0 Å². The van der Waals surface area contributed by atoms with Crippen LogP contribution in [-0.4, -0.2) is 37.1 Å². The fraction of sp³-hybridized carbons (Fsp3) is 0.250. The number of ether oxygens (including phenoxy) is 1. The second-order valence-electron chi connectivity index (χ2n) is 6.35. The highest BCUT2D eigenvalue weighted by atomic mass is 16.5. The third-order valence-corrected chi connectivity index (χ3v) is 4.83. The molecule has 128 valence electrons. The molecule has 3 N–H and O–H groups in total. The number of piperazine rings is 1. The lowest BCUT2D eigenvalue weighted by Crippen LogP contribution is -2.52. The van der Waals surface area contributed by atoms with Crippen LogP contribution in [0, 0.1) is 5.41 Å². The molecule has 2 aromatic carbocycles. The van der Waals surface area contributed by atoms with Gasteiger partial charge in [-0.3, -0.25) is 5.41 Å². The molecule has 1 fully saturated rings. The standard InChI is InChI=1S/C20H22N4O/c21-14-25-20-4-2-1-3-16(20)12-18-13-22-9-10-24(18)17-5-6-19-15(11-17)7-8-23-19/h1-8,11,14,18,21-23H,9-10,12-13H2. The Kier molecular flexibility index (Phi) is 4.39. The van der Waals surface area contributed by atoms with E-state index in [1.54, 1.807) is 0 Å². The predicted molar refractivity (Wildman–Crippen MR) is 102 cm³/mol. The van der Waals surface area contributed by atoms with Crippen molar-refractivity contribution in [2.24, 2.45) is 0 Å². The molecule has 2 heterocycles. The monoisotopic (exact) mass is 334 g/mol. The average molecular weight is 334 g/mol. The van der Waals surface area contributed by atoms with Crippen molar-refractivity contribution < 1.29 is 4.74 Å². The van der Waals surface area contributed by atoms with Crippen molar-refractivity contribution in [2.45, 2.75) is 12.5 Å². The van der Waals surface area contributed by atoms with Crippen molar-refractivity contribution in [1.82, 2.24) is 10.3 Å². The third kappa shape index (κ3) is 3.23. The van der Waals surface area contributed by atoms with Crippen molar-refractivity contribution in [3.05, 3.63) is 60.3 Å². The van der Waals surface area contributed by atoms with Crippen molar-refractivity contribution in [1.29, 1.82) is 5.41 Å². The second-order valence-corrected chi connectivity index (χ2v) is 6.35. The van der Waals surface area contributed by atoms with Crippen LogP contribution in [-0.2, 0) is 6.42 Å². The molecule has 0 spiro atoms. The van der Waals surface area contributed by atoms with Crippen molar-refractivity contribution in [3.8, 4) is 5.75 Å². The highest BCUT2D eigenvalue weighted by Gasteiger charge is 2.24. The largest absolute Gasteiger partial charge is 0.446 e. The van der Waals surface area contributed by atoms with Gasteiger partial charge >= 0.3 is 0 Å². The number of para-hydroxylation sites is 1. The first-order valence-corrected chi connectivity index (χ1v) is 8.63. The molecule has 0 saturated carbocycles. The molecule has 4 rings (SSSR count). The fourth-order valence-electron chi connectivity index (χ4n) is 3.61. The highest BCUT2D eigenvalue weighted by Crippen LogP contribution is 2.27. The quantitative estimate of drug-likeness (QED) is 0.496. The molecule has 25 heavy (non-hydrogen) atoms. The molecular formula is C20H22N4O. The minimum Gasteiger partial charge on any atom is -0.446 e. The maximum Gasteiger partial charge on any atom is 0.173 e. The minimum atomic E-state index is 0.348. The van der Waals surface area contributed by atoms with E-state index in [2.05, 4.69) is 45.5 Å². The van der Waals surface area contributed by atoms with Gasteiger partial charge in [0, 0.05) is 48.5 Å². The lowest BCUT2D eigenvalue weighted by atomic mass is 10.0. The number of nitrogens with one attached hydrogen (secondary N) is 3. The van der Waals surface area contributed by atoms with E-state index in [9.17, 15) is 0 Å². The maximum atomic E-state index is 7.22. The van der Waals surface area contributed by atoms with E-state index in [1.807, 2.05) is 24.4 Å². The van der Waals surface area contributed by atoms with Gasteiger partial charge < -0.3 is 19.9 Å². The van der Waals surface area contributed by atoms with Crippen LogP contribution in [0.2, 0.25) is 0 Å². The van der Waals surface area contributed by atoms with Crippen LogP contribution < -0.4 is 15.0 Å². The molecule has 1 aromatic heterocycles. The molecule has 0 radical (unpaired) electrons. The Labute approximate surface area is 147 Å². The van der Waals surface area contributed by atoms with Crippen LogP contribution in [0.3, 0.4) is 0 Å². The van der Waals surface area contributed by atoms with E-state index in [-0.39, 0.29) is 0 Å². The zero-order valence-corrected chi connectivity index (χ0v) is 14.0.